The zero-order chi connectivity index (χ0) is 42.5. The number of fused-ring (bicyclic) bond motifs is 3. The van der Waals surface area contributed by atoms with Crippen LogP contribution in [0.4, 0.5) is 18.0 Å². The molecule has 3 N–H and O–H groups in total. The molecule has 18 heteroatoms. The van der Waals surface area contributed by atoms with Crippen LogP contribution in [0, 0.1) is 23.6 Å². The zero-order valence-electron chi connectivity index (χ0n) is 33.5. The molecular formula is C40H52F3N5O9S. The molecule has 7 atom stereocenters. The highest BCUT2D eigenvalue weighted by atomic mass is 32.2. The highest BCUT2D eigenvalue weighted by Crippen LogP contribution is 2.48. The number of aromatic nitrogens is 1. The van der Waals surface area contributed by atoms with Gasteiger partial charge in [0.05, 0.1) is 30.0 Å². The second-order valence-electron chi connectivity index (χ2n) is 17.0. The van der Waals surface area contributed by atoms with E-state index in [9.17, 15) is 41.1 Å². The minimum absolute atomic E-state index is 0.0549. The van der Waals surface area contributed by atoms with Gasteiger partial charge in [-0.05, 0) is 89.3 Å². The molecule has 0 spiro atoms. The van der Waals surface area contributed by atoms with Gasteiger partial charge in [-0.1, -0.05) is 32.4 Å². The van der Waals surface area contributed by atoms with Gasteiger partial charge in [-0.3, -0.25) is 24.0 Å². The SMILES string of the molecule is CC[C@@H]1C[C@@H](C)CC/C=C\[C@@H]2C[C@@]2(C(=O)NS(=O)(=O)C2(C)CC2)NC(=O)[C@@H]2C[C@@H](Oc3ncc(OC)c4ccc(F)cc34)CN2C(=O)[C@H]1N(C(=O)O)C(C)(C)C(F)F. The molecule has 1 aromatic carbocycles. The fourth-order valence-corrected chi connectivity index (χ4v) is 9.65. The molecule has 4 amide bonds. The van der Waals surface area contributed by atoms with Crippen LogP contribution in [-0.4, -0.2) is 106 Å². The number of benzene rings is 1. The summed E-state index contributed by atoms with van der Waals surface area (Å²) in [5.41, 5.74) is -4.04. The molecule has 2 aliphatic carbocycles. The summed E-state index contributed by atoms with van der Waals surface area (Å²) in [5.74, 6) is -4.50. The molecule has 0 radical (unpaired) electrons. The second-order valence-corrected chi connectivity index (χ2v) is 19.2. The summed E-state index contributed by atoms with van der Waals surface area (Å²) in [4.78, 5) is 62.7. The van der Waals surface area contributed by atoms with Crippen molar-refractivity contribution in [1.29, 1.82) is 0 Å². The third kappa shape index (κ3) is 8.04. The topological polar surface area (TPSA) is 185 Å². The smallest absolute Gasteiger partial charge is 0.408 e. The van der Waals surface area contributed by atoms with Gasteiger partial charge in [0.15, 0.2) is 0 Å². The lowest BCUT2D eigenvalue weighted by Gasteiger charge is -2.45. The van der Waals surface area contributed by atoms with E-state index in [-0.39, 0.29) is 49.4 Å². The molecule has 2 aliphatic heterocycles. The Morgan fingerprint density at radius 3 is 2.52 bits per heavy atom. The number of pyridine rings is 1. The Bertz CT molecular complexity index is 2100. The number of ether oxygens (including phenoxy) is 2. The summed E-state index contributed by atoms with van der Waals surface area (Å²) < 4.78 is 83.2. The fraction of sp³-hybridized carbons (Fsp3) is 0.625. The van der Waals surface area contributed by atoms with E-state index < -0.39 is 91.9 Å². The largest absolute Gasteiger partial charge is 0.494 e. The Morgan fingerprint density at radius 2 is 1.90 bits per heavy atom. The molecule has 2 saturated carbocycles. The quantitative estimate of drug-likeness (QED) is 0.262. The van der Waals surface area contributed by atoms with Gasteiger partial charge in [0.2, 0.25) is 27.7 Å². The van der Waals surface area contributed by atoms with E-state index in [4.69, 9.17) is 9.47 Å². The van der Waals surface area contributed by atoms with Crippen LogP contribution in [0.2, 0.25) is 0 Å². The van der Waals surface area contributed by atoms with Crippen LogP contribution in [0.25, 0.3) is 10.8 Å². The van der Waals surface area contributed by atoms with E-state index in [1.165, 1.54) is 38.4 Å². The standard InChI is InChI=1S/C40H52F3N5O9S/c1-7-23-16-22(2)10-8-9-11-24-19-40(24,36(51)46-58(54,55)39(5)14-15-39)45-32(49)29-18-26(57-33-28-17-25(41)12-13-27(28)30(56-6)20-44-33)21-47(29)34(50)31(23)48(37(52)53)38(3,4)35(42)43/h9,11-13,17,20,22-24,26,29,31,35H,7-8,10,14-16,18-19,21H2,1-6H3,(H,45,49)(H,46,51)(H,52,53)/b11-9-/t22-,23+,24+,26+,29-,31-,40+/m0/s1. The van der Waals surface area contributed by atoms with Crippen molar-refractivity contribution in [2.24, 2.45) is 17.8 Å². The lowest BCUT2D eigenvalue weighted by molar-refractivity contribution is -0.149. The molecule has 0 unspecified atom stereocenters. The van der Waals surface area contributed by atoms with Crippen LogP contribution in [0.1, 0.15) is 86.0 Å². The van der Waals surface area contributed by atoms with Gasteiger partial charge >= 0.3 is 6.09 Å². The van der Waals surface area contributed by atoms with Crippen LogP contribution < -0.4 is 19.5 Å². The average Bonchev–Trinajstić information content (AvgIpc) is 4.04. The Morgan fingerprint density at radius 1 is 1.19 bits per heavy atom. The monoisotopic (exact) mass is 835 g/mol. The van der Waals surface area contributed by atoms with Crippen molar-refractivity contribution < 1.29 is 55.3 Å². The summed E-state index contributed by atoms with van der Waals surface area (Å²) in [7, 11) is -2.70. The number of allylic oxidation sites excluding steroid dienone is 1. The highest BCUT2D eigenvalue weighted by Gasteiger charge is 2.63. The fourth-order valence-electron chi connectivity index (χ4n) is 8.34. The molecule has 1 saturated heterocycles. The maximum atomic E-state index is 15.1. The van der Waals surface area contributed by atoms with E-state index in [0.29, 0.717) is 41.7 Å². The number of hydrogen-bond acceptors (Lipinski definition) is 9. The molecule has 1 aromatic heterocycles. The first-order chi connectivity index (χ1) is 27.2. The number of halogens is 3. The normalized spacial score (nSPS) is 29.3. The van der Waals surface area contributed by atoms with Crippen LogP contribution in [-0.2, 0) is 24.4 Å². The van der Waals surface area contributed by atoms with E-state index in [1.54, 1.807) is 13.0 Å². The van der Waals surface area contributed by atoms with Crippen LogP contribution in [0.5, 0.6) is 11.6 Å². The number of carbonyl (C=O) groups is 4. The third-order valence-corrected chi connectivity index (χ3v) is 14.6. The van der Waals surface area contributed by atoms with Crippen molar-refractivity contribution in [1.82, 2.24) is 24.8 Å². The second kappa shape index (κ2) is 15.9. The van der Waals surface area contributed by atoms with Crippen LogP contribution in [0.3, 0.4) is 0 Å². The number of rotatable bonds is 10. The van der Waals surface area contributed by atoms with Gasteiger partial charge in [-0.25, -0.2) is 31.4 Å². The Labute approximate surface area is 335 Å². The van der Waals surface area contributed by atoms with E-state index in [1.807, 2.05) is 13.0 Å². The van der Waals surface area contributed by atoms with Crippen molar-refractivity contribution >= 4 is 44.6 Å². The minimum Gasteiger partial charge on any atom is -0.494 e. The van der Waals surface area contributed by atoms with E-state index in [2.05, 4.69) is 15.0 Å². The number of methoxy groups -OCH3 is 1. The van der Waals surface area contributed by atoms with Gasteiger partial charge in [0, 0.05) is 17.7 Å². The lowest BCUT2D eigenvalue weighted by Crippen LogP contribution is -2.65. The van der Waals surface area contributed by atoms with Crippen molar-refractivity contribution in [2.75, 3.05) is 13.7 Å². The summed E-state index contributed by atoms with van der Waals surface area (Å²) in [6, 6.07) is 0.773. The number of nitrogens with one attached hydrogen (secondary N) is 2. The predicted molar refractivity (Wildman–Crippen MR) is 206 cm³/mol. The number of sulfonamides is 1. The number of alkyl halides is 2. The van der Waals surface area contributed by atoms with E-state index in [0.717, 1.165) is 18.7 Å². The predicted octanol–water partition coefficient (Wildman–Crippen LogP) is 5.40. The number of carboxylic acid groups (broad SMARTS) is 1. The first-order valence-corrected chi connectivity index (χ1v) is 21.1. The molecule has 58 heavy (non-hydrogen) atoms. The molecular weight excluding hydrogens is 784 g/mol. The average molecular weight is 836 g/mol. The molecule has 3 fully saturated rings. The van der Waals surface area contributed by atoms with Crippen molar-refractivity contribution in [2.45, 2.75) is 126 Å². The maximum Gasteiger partial charge on any atom is 0.408 e. The molecule has 2 aromatic rings. The first kappa shape index (κ1) is 43.0. The zero-order valence-corrected chi connectivity index (χ0v) is 34.3. The van der Waals surface area contributed by atoms with Crippen LogP contribution in [0.15, 0.2) is 36.5 Å². The van der Waals surface area contributed by atoms with E-state index >= 15 is 4.79 Å². The Balaban J connectivity index is 1.44. The summed E-state index contributed by atoms with van der Waals surface area (Å²) in [6.45, 7) is 6.92. The van der Waals surface area contributed by atoms with Gasteiger partial charge in [-0.2, -0.15) is 0 Å². The lowest BCUT2D eigenvalue weighted by atomic mass is 9.82. The molecule has 6 rings (SSSR count). The molecule has 14 nitrogen and oxygen atoms in total. The van der Waals surface area contributed by atoms with Crippen molar-refractivity contribution in [3.05, 3.63) is 42.4 Å². The number of carbonyl (C=O) groups excluding carboxylic acids is 3. The molecule has 0 bridgehead atoms. The van der Waals surface area contributed by atoms with Gasteiger partial charge < -0.3 is 24.8 Å². The number of amides is 4. The Hall–Kier alpha value is -4.61. The van der Waals surface area contributed by atoms with Crippen molar-refractivity contribution in [3.8, 4) is 11.6 Å². The van der Waals surface area contributed by atoms with Crippen LogP contribution >= 0.6 is 0 Å². The summed E-state index contributed by atoms with van der Waals surface area (Å²) in [6.07, 6.45) is 1.13. The van der Waals surface area contributed by atoms with Gasteiger partial charge in [0.1, 0.15) is 40.8 Å². The van der Waals surface area contributed by atoms with Gasteiger partial charge in [0.25, 0.3) is 12.3 Å². The van der Waals surface area contributed by atoms with Crippen molar-refractivity contribution in [3.63, 3.8) is 0 Å². The molecule has 3 heterocycles. The van der Waals surface area contributed by atoms with Gasteiger partial charge in [-0.15, -0.1) is 0 Å². The number of nitrogens with zero attached hydrogens (tertiary/aromatic N) is 3. The Kier molecular flexibility index (Phi) is 11.8. The minimum atomic E-state index is -4.11. The summed E-state index contributed by atoms with van der Waals surface area (Å²) in [5, 5.41) is 14.0. The third-order valence-electron chi connectivity index (χ3n) is 12.5. The number of hydrogen-bond donors (Lipinski definition) is 3. The molecule has 4 aliphatic rings. The summed E-state index contributed by atoms with van der Waals surface area (Å²) >= 11 is 0. The first-order valence-electron chi connectivity index (χ1n) is 19.6. The highest BCUT2D eigenvalue weighted by molar-refractivity contribution is 7.91. The molecule has 318 valence electrons. The maximum absolute atomic E-state index is 15.1.